The van der Waals surface area contributed by atoms with Crippen LogP contribution in [-0.2, 0) is 13.0 Å². The summed E-state index contributed by atoms with van der Waals surface area (Å²) in [5.41, 5.74) is 2.88. The van der Waals surface area contributed by atoms with Crippen LogP contribution in [0.15, 0.2) is 48.7 Å². The Labute approximate surface area is 144 Å². The Balaban J connectivity index is 1.85. The molecule has 2 aromatic rings. The molecule has 0 fully saturated rings. The maximum atomic E-state index is 13.0. The first-order valence-corrected chi connectivity index (χ1v) is 8.55. The molecule has 4 nitrogen and oxygen atoms in total. The van der Waals surface area contributed by atoms with Gasteiger partial charge in [0.25, 0.3) is 5.91 Å². The predicted molar refractivity (Wildman–Crippen MR) is 95.8 cm³/mol. The molecule has 1 aliphatic heterocycles. The standard InChI is InChI=1S/C20H25N3O/c1-22(2)12-10-17-13-19-18(9-6-11-21-19)20(24)23(15-17)14-16-7-4-3-5-8-16/h3-9,11,17H,10,12-15H2,1-2H3. The van der Waals surface area contributed by atoms with Crippen molar-refractivity contribution >= 4 is 5.91 Å². The molecule has 126 valence electrons. The number of benzene rings is 1. The van der Waals surface area contributed by atoms with Gasteiger partial charge in [0.15, 0.2) is 0 Å². The number of nitrogens with zero attached hydrogens (tertiary/aromatic N) is 3. The zero-order valence-electron chi connectivity index (χ0n) is 14.5. The molecular weight excluding hydrogens is 298 g/mol. The van der Waals surface area contributed by atoms with E-state index in [1.165, 1.54) is 5.56 Å². The van der Waals surface area contributed by atoms with Crippen molar-refractivity contribution in [1.82, 2.24) is 14.8 Å². The highest BCUT2D eigenvalue weighted by Gasteiger charge is 2.28. The summed E-state index contributed by atoms with van der Waals surface area (Å²) in [6.45, 7) is 2.48. The van der Waals surface area contributed by atoms with E-state index in [1.54, 1.807) is 6.20 Å². The van der Waals surface area contributed by atoms with Gasteiger partial charge in [-0.05, 0) is 57.1 Å². The predicted octanol–water partition coefficient (Wildman–Crippen LogP) is 2.85. The van der Waals surface area contributed by atoms with Crippen LogP contribution in [0.2, 0.25) is 0 Å². The Hall–Kier alpha value is -2.20. The minimum Gasteiger partial charge on any atom is -0.334 e. The summed E-state index contributed by atoms with van der Waals surface area (Å²) in [5, 5.41) is 0. The number of rotatable bonds is 5. The molecule has 0 saturated carbocycles. The zero-order valence-corrected chi connectivity index (χ0v) is 14.5. The van der Waals surface area contributed by atoms with Gasteiger partial charge in [0.1, 0.15) is 0 Å². The van der Waals surface area contributed by atoms with E-state index in [-0.39, 0.29) is 5.91 Å². The molecule has 1 amide bonds. The maximum Gasteiger partial charge on any atom is 0.256 e. The van der Waals surface area contributed by atoms with Gasteiger partial charge in [-0.2, -0.15) is 0 Å². The quantitative estimate of drug-likeness (QED) is 0.849. The number of aromatic nitrogens is 1. The Kier molecular flexibility index (Phi) is 5.26. The van der Waals surface area contributed by atoms with Gasteiger partial charge in [-0.1, -0.05) is 30.3 Å². The van der Waals surface area contributed by atoms with Gasteiger partial charge in [-0.25, -0.2) is 0 Å². The second-order valence-corrected chi connectivity index (χ2v) is 6.83. The smallest absolute Gasteiger partial charge is 0.256 e. The summed E-state index contributed by atoms with van der Waals surface area (Å²) in [6.07, 6.45) is 3.74. The number of fused-ring (bicyclic) bond motifs is 1. The van der Waals surface area contributed by atoms with Gasteiger partial charge in [-0.15, -0.1) is 0 Å². The SMILES string of the molecule is CN(C)CCC1Cc2ncccc2C(=O)N(Cc2ccccc2)C1. The largest absolute Gasteiger partial charge is 0.334 e. The summed E-state index contributed by atoms with van der Waals surface area (Å²) >= 11 is 0. The average molecular weight is 323 g/mol. The average Bonchev–Trinajstić information content (AvgIpc) is 2.72. The summed E-state index contributed by atoms with van der Waals surface area (Å²) in [4.78, 5) is 21.7. The van der Waals surface area contributed by atoms with E-state index in [2.05, 4.69) is 36.1 Å². The number of amides is 1. The van der Waals surface area contributed by atoms with Gasteiger partial charge >= 0.3 is 0 Å². The summed E-state index contributed by atoms with van der Waals surface area (Å²) in [5.74, 6) is 0.547. The lowest BCUT2D eigenvalue weighted by molar-refractivity contribution is 0.0721. The second kappa shape index (κ2) is 7.58. The number of hydrogen-bond acceptors (Lipinski definition) is 3. The van der Waals surface area contributed by atoms with Gasteiger partial charge in [0.2, 0.25) is 0 Å². The Bertz CT molecular complexity index is 684. The van der Waals surface area contributed by atoms with Crippen molar-refractivity contribution in [2.45, 2.75) is 19.4 Å². The minimum absolute atomic E-state index is 0.106. The highest BCUT2D eigenvalue weighted by molar-refractivity contribution is 5.95. The number of carbonyl (C=O) groups is 1. The fourth-order valence-corrected chi connectivity index (χ4v) is 3.27. The molecule has 1 atom stereocenters. The lowest BCUT2D eigenvalue weighted by Crippen LogP contribution is -2.34. The molecule has 0 spiro atoms. The third-order valence-electron chi connectivity index (χ3n) is 4.57. The van der Waals surface area contributed by atoms with Crippen molar-refractivity contribution in [2.24, 2.45) is 5.92 Å². The third kappa shape index (κ3) is 4.01. The van der Waals surface area contributed by atoms with Crippen molar-refractivity contribution in [3.05, 3.63) is 65.5 Å². The molecule has 3 rings (SSSR count). The lowest BCUT2D eigenvalue weighted by atomic mass is 9.98. The molecule has 0 aliphatic carbocycles. The van der Waals surface area contributed by atoms with Crippen molar-refractivity contribution < 1.29 is 4.79 Å². The molecule has 0 bridgehead atoms. The minimum atomic E-state index is 0.106. The van der Waals surface area contributed by atoms with Crippen LogP contribution in [-0.4, -0.2) is 47.9 Å². The van der Waals surface area contributed by atoms with Crippen LogP contribution in [0.25, 0.3) is 0 Å². The highest BCUT2D eigenvalue weighted by atomic mass is 16.2. The summed E-state index contributed by atoms with van der Waals surface area (Å²) < 4.78 is 0. The third-order valence-corrected chi connectivity index (χ3v) is 4.57. The Morgan fingerprint density at radius 2 is 1.96 bits per heavy atom. The molecule has 1 aliphatic rings. The van der Waals surface area contributed by atoms with Crippen LogP contribution < -0.4 is 0 Å². The van der Waals surface area contributed by atoms with E-state index in [0.29, 0.717) is 12.5 Å². The van der Waals surface area contributed by atoms with Crippen LogP contribution >= 0.6 is 0 Å². The molecule has 1 aromatic carbocycles. The Morgan fingerprint density at radius 3 is 2.71 bits per heavy atom. The maximum absolute atomic E-state index is 13.0. The number of pyridine rings is 1. The van der Waals surface area contributed by atoms with E-state index in [9.17, 15) is 4.79 Å². The molecule has 1 aromatic heterocycles. The van der Waals surface area contributed by atoms with Crippen LogP contribution in [0.4, 0.5) is 0 Å². The first-order chi connectivity index (χ1) is 11.6. The van der Waals surface area contributed by atoms with E-state index >= 15 is 0 Å². The summed E-state index contributed by atoms with van der Waals surface area (Å²) in [6, 6.07) is 14.0. The van der Waals surface area contributed by atoms with E-state index in [0.717, 1.165) is 37.2 Å². The van der Waals surface area contributed by atoms with Crippen molar-refractivity contribution in [3.8, 4) is 0 Å². The molecule has 1 unspecified atom stereocenters. The van der Waals surface area contributed by atoms with Crippen molar-refractivity contribution in [3.63, 3.8) is 0 Å². The van der Waals surface area contributed by atoms with Gasteiger partial charge in [0.05, 0.1) is 11.3 Å². The fourth-order valence-electron chi connectivity index (χ4n) is 3.27. The van der Waals surface area contributed by atoms with Gasteiger partial charge in [0, 0.05) is 19.3 Å². The van der Waals surface area contributed by atoms with Crippen LogP contribution in [0.3, 0.4) is 0 Å². The zero-order chi connectivity index (χ0) is 16.9. The molecule has 0 N–H and O–H groups in total. The monoisotopic (exact) mass is 323 g/mol. The number of hydrogen-bond donors (Lipinski definition) is 0. The first-order valence-electron chi connectivity index (χ1n) is 8.55. The first kappa shape index (κ1) is 16.7. The molecular formula is C20H25N3O. The molecule has 0 saturated heterocycles. The van der Waals surface area contributed by atoms with Gasteiger partial charge in [-0.3, -0.25) is 9.78 Å². The Morgan fingerprint density at radius 1 is 1.17 bits per heavy atom. The van der Waals surface area contributed by atoms with Crippen LogP contribution in [0.1, 0.15) is 28.0 Å². The second-order valence-electron chi connectivity index (χ2n) is 6.83. The topological polar surface area (TPSA) is 36.4 Å². The summed E-state index contributed by atoms with van der Waals surface area (Å²) in [7, 11) is 4.19. The number of carbonyl (C=O) groups excluding carboxylic acids is 1. The van der Waals surface area contributed by atoms with Crippen LogP contribution in [0.5, 0.6) is 0 Å². The highest BCUT2D eigenvalue weighted by Crippen LogP contribution is 2.24. The van der Waals surface area contributed by atoms with Crippen molar-refractivity contribution in [1.29, 1.82) is 0 Å². The van der Waals surface area contributed by atoms with E-state index < -0.39 is 0 Å². The normalized spacial score (nSPS) is 17.7. The molecule has 4 heteroatoms. The molecule has 0 radical (unpaired) electrons. The molecule has 2 heterocycles. The molecule has 24 heavy (non-hydrogen) atoms. The lowest BCUT2D eigenvalue weighted by Gasteiger charge is -2.25. The van der Waals surface area contributed by atoms with Crippen LogP contribution in [0, 0.1) is 5.92 Å². The fraction of sp³-hybridized carbons (Fsp3) is 0.400. The van der Waals surface area contributed by atoms with E-state index in [4.69, 9.17) is 0 Å². The van der Waals surface area contributed by atoms with Gasteiger partial charge < -0.3 is 9.80 Å². The van der Waals surface area contributed by atoms with Crippen molar-refractivity contribution in [2.75, 3.05) is 27.2 Å². The van der Waals surface area contributed by atoms with E-state index in [1.807, 2.05) is 35.2 Å².